The van der Waals surface area contributed by atoms with Crippen LogP contribution in [-0.4, -0.2) is 31.5 Å². The highest BCUT2D eigenvalue weighted by atomic mass is 79.9. The molecule has 18 heavy (non-hydrogen) atoms. The van der Waals surface area contributed by atoms with Crippen molar-refractivity contribution in [2.24, 2.45) is 0 Å². The van der Waals surface area contributed by atoms with Crippen LogP contribution >= 0.6 is 15.9 Å². The maximum absolute atomic E-state index is 9.19. The number of nitrogens with one attached hydrogen (secondary N) is 1. The Hall–Kier alpha value is -0.780. The summed E-state index contributed by atoms with van der Waals surface area (Å²) in [6.45, 7) is 5.52. The Labute approximate surface area is 116 Å². The molecule has 0 bridgehead atoms. The van der Waals surface area contributed by atoms with E-state index in [9.17, 15) is 5.11 Å². The molecule has 0 fully saturated rings. The van der Waals surface area contributed by atoms with Crippen molar-refractivity contribution in [3.8, 4) is 11.5 Å². The first-order valence-corrected chi connectivity index (χ1v) is 6.75. The molecule has 0 saturated heterocycles. The van der Waals surface area contributed by atoms with Gasteiger partial charge in [-0.2, -0.15) is 0 Å². The van der Waals surface area contributed by atoms with Crippen LogP contribution < -0.4 is 14.8 Å². The average Bonchev–Trinajstić information content (AvgIpc) is 2.28. The average molecular weight is 318 g/mol. The zero-order valence-corrected chi connectivity index (χ0v) is 12.6. The van der Waals surface area contributed by atoms with Crippen LogP contribution in [0.2, 0.25) is 0 Å². The number of benzene rings is 1. The lowest BCUT2D eigenvalue weighted by Crippen LogP contribution is -2.23. The molecule has 0 aromatic heterocycles. The predicted molar refractivity (Wildman–Crippen MR) is 75.3 cm³/mol. The normalized spacial score (nSPS) is 12.3. The van der Waals surface area contributed by atoms with Gasteiger partial charge in [-0.25, -0.2) is 0 Å². The van der Waals surface area contributed by atoms with Crippen molar-refractivity contribution in [1.29, 1.82) is 0 Å². The number of methoxy groups -OCH3 is 1. The van der Waals surface area contributed by atoms with Gasteiger partial charge < -0.3 is 19.9 Å². The summed E-state index contributed by atoms with van der Waals surface area (Å²) < 4.78 is 11.7. The van der Waals surface area contributed by atoms with Crippen molar-refractivity contribution >= 4 is 15.9 Å². The van der Waals surface area contributed by atoms with Crippen molar-refractivity contribution in [1.82, 2.24) is 5.32 Å². The summed E-state index contributed by atoms with van der Waals surface area (Å²) in [7, 11) is 1.62. The van der Waals surface area contributed by atoms with Gasteiger partial charge in [0.15, 0.2) is 11.5 Å². The zero-order chi connectivity index (χ0) is 13.5. The zero-order valence-electron chi connectivity index (χ0n) is 11.0. The molecule has 4 nitrogen and oxygen atoms in total. The van der Waals surface area contributed by atoms with Crippen LogP contribution in [0, 0.1) is 0 Å². The number of aliphatic hydroxyl groups is 1. The van der Waals surface area contributed by atoms with Crippen LogP contribution in [-0.2, 0) is 6.54 Å². The van der Waals surface area contributed by atoms with E-state index < -0.39 is 0 Å². The van der Waals surface area contributed by atoms with E-state index in [1.165, 1.54) is 0 Å². The first kappa shape index (κ1) is 15.3. The highest BCUT2D eigenvalue weighted by Crippen LogP contribution is 2.36. The summed E-state index contributed by atoms with van der Waals surface area (Å²) >= 11 is 3.47. The van der Waals surface area contributed by atoms with Gasteiger partial charge in [0.05, 0.1) is 24.3 Å². The number of hydrogen-bond donors (Lipinski definition) is 2. The molecule has 1 atom stereocenters. The quantitative estimate of drug-likeness (QED) is 0.810. The van der Waals surface area contributed by atoms with E-state index >= 15 is 0 Å². The second-order valence-corrected chi connectivity index (χ2v) is 4.88. The van der Waals surface area contributed by atoms with Gasteiger partial charge in [-0.15, -0.1) is 0 Å². The molecule has 0 amide bonds. The molecule has 1 aromatic rings. The summed E-state index contributed by atoms with van der Waals surface area (Å²) in [6, 6.07) is 3.93. The van der Waals surface area contributed by atoms with E-state index in [0.29, 0.717) is 25.4 Å². The van der Waals surface area contributed by atoms with E-state index in [0.717, 1.165) is 15.8 Å². The Morgan fingerprint density at radius 3 is 2.72 bits per heavy atom. The molecule has 0 aliphatic heterocycles. The summed E-state index contributed by atoms with van der Waals surface area (Å²) in [5, 5.41) is 12.4. The maximum Gasteiger partial charge on any atom is 0.174 e. The summed E-state index contributed by atoms with van der Waals surface area (Å²) in [4.78, 5) is 0. The van der Waals surface area contributed by atoms with Crippen molar-refractivity contribution in [3.05, 3.63) is 22.2 Å². The van der Waals surface area contributed by atoms with Crippen molar-refractivity contribution < 1.29 is 14.6 Å². The van der Waals surface area contributed by atoms with E-state index in [1.54, 1.807) is 14.0 Å². The fraction of sp³-hybridized carbons (Fsp3) is 0.538. The van der Waals surface area contributed by atoms with Crippen LogP contribution in [0.5, 0.6) is 11.5 Å². The van der Waals surface area contributed by atoms with E-state index in [4.69, 9.17) is 9.47 Å². The van der Waals surface area contributed by atoms with Crippen molar-refractivity contribution in [2.75, 3.05) is 20.3 Å². The highest BCUT2D eigenvalue weighted by Gasteiger charge is 2.11. The van der Waals surface area contributed by atoms with Gasteiger partial charge >= 0.3 is 0 Å². The van der Waals surface area contributed by atoms with Gasteiger partial charge in [0.1, 0.15) is 0 Å². The summed E-state index contributed by atoms with van der Waals surface area (Å²) in [5.41, 5.74) is 1.08. The number of rotatable bonds is 7. The van der Waals surface area contributed by atoms with E-state index in [1.807, 2.05) is 19.1 Å². The van der Waals surface area contributed by atoms with Crippen LogP contribution in [0.1, 0.15) is 19.4 Å². The van der Waals surface area contributed by atoms with Gasteiger partial charge in [-0.1, -0.05) is 0 Å². The van der Waals surface area contributed by atoms with Crippen molar-refractivity contribution in [3.63, 3.8) is 0 Å². The predicted octanol–water partition coefficient (Wildman–Crippen LogP) is 2.33. The minimum atomic E-state index is -0.349. The second kappa shape index (κ2) is 7.61. The largest absolute Gasteiger partial charge is 0.492 e. The molecular formula is C13H20BrNO3. The first-order valence-electron chi connectivity index (χ1n) is 5.96. The van der Waals surface area contributed by atoms with Gasteiger partial charge in [-0.05, 0) is 47.5 Å². The number of aliphatic hydroxyl groups excluding tert-OH is 1. The molecular weight excluding hydrogens is 298 g/mol. The monoisotopic (exact) mass is 317 g/mol. The Morgan fingerprint density at radius 2 is 2.17 bits per heavy atom. The van der Waals surface area contributed by atoms with Gasteiger partial charge in [0.25, 0.3) is 0 Å². The third kappa shape index (κ3) is 4.48. The SMILES string of the molecule is CCOc1cc(CNCC(C)O)cc(Br)c1OC. The molecule has 0 saturated carbocycles. The Bertz CT molecular complexity index is 383. The van der Waals surface area contributed by atoms with Gasteiger partial charge in [-0.3, -0.25) is 0 Å². The smallest absolute Gasteiger partial charge is 0.174 e. The van der Waals surface area contributed by atoms with Crippen LogP contribution in [0.25, 0.3) is 0 Å². The highest BCUT2D eigenvalue weighted by molar-refractivity contribution is 9.10. The third-order valence-corrected chi connectivity index (χ3v) is 2.93. The van der Waals surface area contributed by atoms with Gasteiger partial charge in [0.2, 0.25) is 0 Å². The molecule has 5 heteroatoms. The minimum absolute atomic E-state index is 0.349. The van der Waals surface area contributed by atoms with Gasteiger partial charge in [0, 0.05) is 13.1 Å². The lowest BCUT2D eigenvalue weighted by Gasteiger charge is -2.14. The van der Waals surface area contributed by atoms with Crippen LogP contribution in [0.4, 0.5) is 0 Å². The topological polar surface area (TPSA) is 50.7 Å². The van der Waals surface area contributed by atoms with Crippen molar-refractivity contribution in [2.45, 2.75) is 26.5 Å². The summed E-state index contributed by atoms with van der Waals surface area (Å²) in [6.07, 6.45) is -0.349. The molecule has 2 N–H and O–H groups in total. The Balaban J connectivity index is 2.80. The molecule has 1 rings (SSSR count). The lowest BCUT2D eigenvalue weighted by atomic mass is 10.2. The number of hydrogen-bond acceptors (Lipinski definition) is 4. The number of halogens is 1. The second-order valence-electron chi connectivity index (χ2n) is 4.02. The lowest BCUT2D eigenvalue weighted by molar-refractivity contribution is 0.191. The third-order valence-electron chi connectivity index (χ3n) is 2.34. The fourth-order valence-electron chi connectivity index (χ4n) is 1.61. The Morgan fingerprint density at radius 1 is 1.44 bits per heavy atom. The molecule has 0 heterocycles. The molecule has 1 aromatic carbocycles. The van der Waals surface area contributed by atoms with Crippen LogP contribution in [0.15, 0.2) is 16.6 Å². The minimum Gasteiger partial charge on any atom is -0.492 e. The standard InChI is InChI=1S/C13H20BrNO3/c1-4-18-12-6-10(8-15-7-9(2)16)5-11(14)13(12)17-3/h5-6,9,15-16H,4,7-8H2,1-3H3. The fourth-order valence-corrected chi connectivity index (χ4v) is 2.26. The first-order chi connectivity index (χ1) is 8.58. The molecule has 0 radical (unpaired) electrons. The molecule has 0 spiro atoms. The molecule has 0 aliphatic rings. The summed E-state index contributed by atoms with van der Waals surface area (Å²) in [5.74, 6) is 1.43. The van der Waals surface area contributed by atoms with Crippen LogP contribution in [0.3, 0.4) is 0 Å². The molecule has 0 aliphatic carbocycles. The molecule has 1 unspecified atom stereocenters. The Kier molecular flexibility index (Phi) is 6.46. The maximum atomic E-state index is 9.19. The molecule has 102 valence electrons. The van der Waals surface area contributed by atoms with E-state index in [-0.39, 0.29) is 6.10 Å². The van der Waals surface area contributed by atoms with E-state index in [2.05, 4.69) is 21.2 Å². The number of ether oxygens (including phenoxy) is 2.